The van der Waals surface area contributed by atoms with Crippen molar-refractivity contribution in [2.45, 2.75) is 127 Å². The van der Waals surface area contributed by atoms with Gasteiger partial charge < -0.3 is 44.4 Å². The number of alkyl halides is 39. The molecule has 12 nitrogen and oxygen atoms in total. The summed E-state index contributed by atoms with van der Waals surface area (Å²) in [5.74, 6) is -116. The van der Waals surface area contributed by atoms with Gasteiger partial charge in [0.15, 0.2) is 0 Å². The molecule has 3 N–H and O–H groups in total. The van der Waals surface area contributed by atoms with Crippen LogP contribution in [0.3, 0.4) is 0 Å². The van der Waals surface area contributed by atoms with Crippen LogP contribution in [0.25, 0.3) is 0 Å². The Morgan fingerprint density at radius 1 is 0.216 bits per heavy atom. The van der Waals surface area contributed by atoms with E-state index in [1.54, 1.807) is 0 Å². The number of aromatic nitrogens is 3. The summed E-state index contributed by atoms with van der Waals surface area (Å²) in [7, 11) is 0. The van der Waals surface area contributed by atoms with E-state index in [0.717, 1.165) is 36.4 Å². The molecule has 0 radical (unpaired) electrons. The topological polar surface area (TPSA) is 130 Å². The standard InChI is InChI=1S/C51H39F39N6O6/c52-34(53,37(58,59)40(64,65)43(70,71)46(76,77)49(82,83)84)13-16-97-19-22-100-28-7-1-25(2-8-28)91-31-94-32(92-26-3-9-29(10-4-26)101-23-20-98-17-14-35(54,55)38(60,61)41(66,67)44(72,73)47(78,79)50(85,86)87)96-33(95-31)93-27-5-11-30(12-6-27)102-24-21-99-18-15-36(56,57)39(62,63)42(68,69)45(74,75)48(80,81)51(88,89)90/h1-12H,13-24H2,(H3,91,92,93,94,95,96). The van der Waals surface area contributed by atoms with Gasteiger partial charge in [-0.25, -0.2) is 0 Å². The van der Waals surface area contributed by atoms with Crippen LogP contribution in [0.2, 0.25) is 0 Å². The van der Waals surface area contributed by atoms with Crippen molar-refractivity contribution in [3.63, 3.8) is 0 Å². The molecule has 0 unspecified atom stereocenters. The van der Waals surface area contributed by atoms with Gasteiger partial charge in [0.2, 0.25) is 17.8 Å². The van der Waals surface area contributed by atoms with E-state index in [9.17, 15) is 171 Å². The highest BCUT2D eigenvalue weighted by Crippen LogP contribution is 2.64. The van der Waals surface area contributed by atoms with Gasteiger partial charge in [-0.2, -0.15) is 186 Å². The first kappa shape index (κ1) is 87.0. The Bertz CT molecular complexity index is 2990. The SMILES string of the molecule is FC(F)(F)C(F)(F)C(F)(F)C(F)(F)C(F)(F)C(F)(F)CCOCCOc1ccc(Nc2nc(Nc3ccc(OCCOCCC(F)(F)C(F)(F)C(F)(F)C(F)(F)C(F)(F)C(F)(F)F)cc3)nc(Nc3ccc(OCCOCCC(F)(F)C(F)(F)C(F)(F)C(F)(F)C(F)(F)C(F)(F)F)cc3)n2)cc1. The quantitative estimate of drug-likeness (QED) is 0.0290. The van der Waals surface area contributed by atoms with E-state index in [1.165, 1.54) is 36.4 Å². The van der Waals surface area contributed by atoms with Crippen molar-refractivity contribution in [2.24, 2.45) is 0 Å². The smallest absolute Gasteiger partial charge is 0.460 e. The number of nitrogens with zero attached hydrogens (tertiary/aromatic N) is 3. The van der Waals surface area contributed by atoms with Crippen molar-refractivity contribution in [1.29, 1.82) is 0 Å². The monoisotopic (exact) mass is 1570 g/mol. The van der Waals surface area contributed by atoms with Crippen LogP contribution in [-0.4, -0.2) is 182 Å². The third-order valence-corrected chi connectivity index (χ3v) is 13.1. The van der Waals surface area contributed by atoms with Gasteiger partial charge in [-0.05, 0) is 72.8 Å². The molecule has 51 heteroatoms. The number of hydrogen-bond acceptors (Lipinski definition) is 12. The fourth-order valence-electron chi connectivity index (χ4n) is 7.27. The Balaban J connectivity index is 1.43. The average molecular weight is 1570 g/mol. The molecule has 1 aromatic heterocycles. The summed E-state index contributed by atoms with van der Waals surface area (Å²) in [5.41, 5.74) is 0.101. The molecule has 582 valence electrons. The summed E-state index contributed by atoms with van der Waals surface area (Å²) >= 11 is 0. The van der Waals surface area contributed by atoms with Gasteiger partial charge in [0.05, 0.1) is 39.6 Å². The van der Waals surface area contributed by atoms with Gasteiger partial charge in [-0.3, -0.25) is 0 Å². The highest BCUT2D eigenvalue weighted by atomic mass is 19.5. The van der Waals surface area contributed by atoms with Crippen molar-refractivity contribution < 1.29 is 200 Å². The van der Waals surface area contributed by atoms with Crippen LogP contribution in [0.4, 0.5) is 206 Å². The number of benzene rings is 3. The van der Waals surface area contributed by atoms with Crippen molar-refractivity contribution in [2.75, 3.05) is 75.4 Å². The Hall–Kier alpha value is -7.38. The molecule has 0 amide bonds. The van der Waals surface area contributed by atoms with Gasteiger partial charge in [-0.1, -0.05) is 0 Å². The van der Waals surface area contributed by atoms with E-state index >= 15 is 0 Å². The molecule has 4 aromatic rings. The van der Waals surface area contributed by atoms with E-state index < -0.39 is 204 Å². The van der Waals surface area contributed by atoms with Crippen LogP contribution < -0.4 is 30.2 Å². The van der Waals surface area contributed by atoms with Crippen LogP contribution in [0, 0.1) is 0 Å². The van der Waals surface area contributed by atoms with Crippen molar-refractivity contribution in [3.8, 4) is 17.2 Å². The maximum Gasteiger partial charge on any atom is 0.460 e. The highest BCUT2D eigenvalue weighted by Gasteiger charge is 2.93. The van der Waals surface area contributed by atoms with Gasteiger partial charge >= 0.3 is 107 Å². The summed E-state index contributed by atoms with van der Waals surface area (Å²) in [6.07, 6.45) is -30.8. The maximum atomic E-state index is 14.1. The number of rotatable bonds is 39. The zero-order chi connectivity index (χ0) is 78.7. The Kier molecular flexibility index (Phi) is 25.6. The minimum Gasteiger partial charge on any atom is -0.491 e. The zero-order valence-corrected chi connectivity index (χ0v) is 48.9. The molecule has 0 atom stereocenters. The Morgan fingerprint density at radius 2 is 0.392 bits per heavy atom. The van der Waals surface area contributed by atoms with E-state index in [2.05, 4.69) is 45.1 Å². The fourth-order valence-corrected chi connectivity index (χ4v) is 7.27. The first-order valence-electron chi connectivity index (χ1n) is 26.7. The number of ether oxygens (including phenoxy) is 6. The molecule has 1 heterocycles. The summed E-state index contributed by atoms with van der Waals surface area (Å²) < 4.78 is 551. The van der Waals surface area contributed by atoms with Gasteiger partial charge in [0, 0.05) is 36.3 Å². The second-order valence-corrected chi connectivity index (χ2v) is 20.4. The van der Waals surface area contributed by atoms with Gasteiger partial charge in [0.1, 0.15) is 37.1 Å². The van der Waals surface area contributed by atoms with Crippen LogP contribution >= 0.6 is 0 Å². The largest absolute Gasteiger partial charge is 0.491 e. The predicted molar refractivity (Wildman–Crippen MR) is 264 cm³/mol. The molecular weight excluding hydrogens is 1530 g/mol. The molecule has 0 saturated carbocycles. The van der Waals surface area contributed by atoms with Crippen LogP contribution in [0.5, 0.6) is 17.2 Å². The Labute approximate surface area is 541 Å². The molecule has 0 aliphatic rings. The average Bonchev–Trinajstić information content (AvgIpc) is 0.725. The zero-order valence-electron chi connectivity index (χ0n) is 48.9. The molecule has 4 rings (SSSR count). The third-order valence-electron chi connectivity index (χ3n) is 13.1. The number of halogens is 39. The number of hydrogen-bond donors (Lipinski definition) is 3. The lowest BCUT2D eigenvalue weighted by Crippen LogP contribution is -2.70. The first-order chi connectivity index (χ1) is 45.8. The van der Waals surface area contributed by atoms with Gasteiger partial charge in [-0.15, -0.1) is 0 Å². The lowest BCUT2D eigenvalue weighted by molar-refractivity contribution is -0.440. The lowest BCUT2D eigenvalue weighted by atomic mass is 9.93. The summed E-state index contributed by atoms with van der Waals surface area (Å²) in [5, 5.41) is 8.01. The first-order valence-corrected chi connectivity index (χ1v) is 26.7. The molecule has 0 spiro atoms. The number of anilines is 6. The molecule has 0 aliphatic heterocycles. The summed E-state index contributed by atoms with van der Waals surface area (Å²) in [4.78, 5) is 12.4. The normalized spacial score (nSPS) is 14.6. The summed E-state index contributed by atoms with van der Waals surface area (Å²) in [6, 6.07) is 13.8. The van der Waals surface area contributed by atoms with Crippen LogP contribution in [0.1, 0.15) is 19.3 Å². The maximum absolute atomic E-state index is 14.1. The second-order valence-electron chi connectivity index (χ2n) is 20.4. The Morgan fingerprint density at radius 3 is 0.569 bits per heavy atom. The molecule has 102 heavy (non-hydrogen) atoms. The third kappa shape index (κ3) is 17.4. The van der Waals surface area contributed by atoms with Crippen molar-refractivity contribution >= 4 is 34.9 Å². The second kappa shape index (κ2) is 30.0. The molecular formula is C51H39F39N6O6. The van der Waals surface area contributed by atoms with Crippen LogP contribution in [0.15, 0.2) is 72.8 Å². The summed E-state index contributed by atoms with van der Waals surface area (Å²) in [6.45, 7) is -10.2. The lowest BCUT2D eigenvalue weighted by Gasteiger charge is -2.39. The molecule has 0 saturated heterocycles. The van der Waals surface area contributed by atoms with E-state index in [4.69, 9.17) is 14.2 Å². The number of nitrogens with one attached hydrogen (secondary N) is 3. The molecule has 0 aliphatic carbocycles. The molecule has 0 fully saturated rings. The van der Waals surface area contributed by atoms with Crippen molar-refractivity contribution in [3.05, 3.63) is 72.8 Å². The predicted octanol–water partition coefficient (Wildman–Crippen LogP) is 18.7. The molecule has 3 aromatic carbocycles. The highest BCUT2D eigenvalue weighted by molar-refractivity contribution is 5.63. The van der Waals surface area contributed by atoms with Gasteiger partial charge in [0.25, 0.3) is 0 Å². The van der Waals surface area contributed by atoms with E-state index in [-0.39, 0.29) is 34.3 Å². The van der Waals surface area contributed by atoms with Crippen molar-refractivity contribution in [1.82, 2.24) is 15.0 Å². The van der Waals surface area contributed by atoms with E-state index in [0.29, 0.717) is 0 Å². The minimum absolute atomic E-state index is 0.0336. The van der Waals surface area contributed by atoms with E-state index in [1.807, 2.05) is 0 Å². The fraction of sp³-hybridized carbons (Fsp3) is 0.588. The molecule has 0 bridgehead atoms. The van der Waals surface area contributed by atoms with Crippen LogP contribution in [-0.2, 0) is 14.2 Å². The minimum atomic E-state index is -8.11.